The molecule has 1 aromatic carbocycles. The summed E-state index contributed by atoms with van der Waals surface area (Å²) in [6.07, 6.45) is 3.29. The zero-order valence-electron chi connectivity index (χ0n) is 11.5. The number of benzene rings is 1. The lowest BCUT2D eigenvalue weighted by molar-refractivity contribution is -0.148. The number of halogens is 1. The number of rotatable bonds is 2. The van der Waals surface area contributed by atoms with E-state index in [1.165, 1.54) is 6.08 Å². The number of carbonyl (C=O) groups is 1. The molecule has 0 heterocycles. The van der Waals surface area contributed by atoms with Crippen LogP contribution in [-0.2, 0) is 9.53 Å². The van der Waals surface area contributed by atoms with Crippen LogP contribution < -0.4 is 0 Å². The predicted octanol–water partition coefficient (Wildman–Crippen LogP) is 4.42. The zero-order valence-corrected chi connectivity index (χ0v) is 13.1. The lowest BCUT2D eigenvalue weighted by atomic mass is 10.0. The van der Waals surface area contributed by atoms with E-state index in [1.807, 2.05) is 52.8 Å². The van der Waals surface area contributed by atoms with Crippen molar-refractivity contribution in [1.29, 1.82) is 0 Å². The average Bonchev–Trinajstić information content (AvgIpc) is 2.12. The standard InChI is InChI=1S/C15H19BrO2/c1-10-8-12(16)9-11(2)13(10)6-7-14(17)18-15(3,4)5/h6-9H,1-5H3/b7-6+. The number of esters is 1. The fourth-order valence-corrected chi connectivity index (χ4v) is 2.36. The molecule has 0 spiro atoms. The van der Waals surface area contributed by atoms with E-state index >= 15 is 0 Å². The fourth-order valence-electron chi connectivity index (χ4n) is 1.67. The third-order valence-corrected chi connectivity index (χ3v) is 2.81. The van der Waals surface area contributed by atoms with Crippen LogP contribution in [0.1, 0.15) is 37.5 Å². The van der Waals surface area contributed by atoms with Gasteiger partial charge in [-0.25, -0.2) is 4.79 Å². The number of aryl methyl sites for hydroxylation is 2. The number of hydrogen-bond donors (Lipinski definition) is 0. The Labute approximate surface area is 117 Å². The van der Waals surface area contributed by atoms with Crippen molar-refractivity contribution in [2.75, 3.05) is 0 Å². The second kappa shape index (κ2) is 5.70. The maximum atomic E-state index is 11.6. The molecule has 18 heavy (non-hydrogen) atoms. The maximum absolute atomic E-state index is 11.6. The lowest BCUT2D eigenvalue weighted by Crippen LogP contribution is -2.22. The summed E-state index contributed by atoms with van der Waals surface area (Å²) in [5, 5.41) is 0. The summed E-state index contributed by atoms with van der Waals surface area (Å²) in [5.74, 6) is -0.316. The molecule has 2 nitrogen and oxygen atoms in total. The summed E-state index contributed by atoms with van der Waals surface area (Å²) in [6, 6.07) is 4.06. The van der Waals surface area contributed by atoms with E-state index in [-0.39, 0.29) is 5.97 Å². The van der Waals surface area contributed by atoms with Crippen molar-refractivity contribution in [1.82, 2.24) is 0 Å². The quantitative estimate of drug-likeness (QED) is 0.597. The summed E-state index contributed by atoms with van der Waals surface area (Å²) in [6.45, 7) is 9.61. The van der Waals surface area contributed by atoms with Gasteiger partial charge in [-0.05, 0) is 69.5 Å². The molecule has 0 aromatic heterocycles. The summed E-state index contributed by atoms with van der Waals surface area (Å²) >= 11 is 3.45. The highest BCUT2D eigenvalue weighted by molar-refractivity contribution is 9.10. The van der Waals surface area contributed by atoms with Crippen LogP contribution in [0.3, 0.4) is 0 Å². The zero-order chi connectivity index (χ0) is 13.9. The third-order valence-electron chi connectivity index (χ3n) is 2.35. The first-order chi connectivity index (χ1) is 8.19. The smallest absolute Gasteiger partial charge is 0.331 e. The van der Waals surface area contributed by atoms with Crippen molar-refractivity contribution in [2.24, 2.45) is 0 Å². The second-order valence-corrected chi connectivity index (χ2v) is 6.24. The van der Waals surface area contributed by atoms with E-state index in [9.17, 15) is 4.79 Å². The van der Waals surface area contributed by atoms with Crippen LogP contribution in [0, 0.1) is 13.8 Å². The van der Waals surface area contributed by atoms with Gasteiger partial charge in [0.1, 0.15) is 5.60 Å². The van der Waals surface area contributed by atoms with Crippen LogP contribution in [0.15, 0.2) is 22.7 Å². The SMILES string of the molecule is Cc1cc(Br)cc(C)c1/C=C/C(=O)OC(C)(C)C. The minimum absolute atomic E-state index is 0.316. The van der Waals surface area contributed by atoms with Gasteiger partial charge >= 0.3 is 5.97 Å². The molecule has 0 N–H and O–H groups in total. The van der Waals surface area contributed by atoms with E-state index < -0.39 is 5.60 Å². The molecule has 0 radical (unpaired) electrons. The maximum Gasteiger partial charge on any atom is 0.331 e. The van der Waals surface area contributed by atoms with Gasteiger partial charge < -0.3 is 4.74 Å². The first kappa shape index (κ1) is 15.0. The summed E-state index contributed by atoms with van der Waals surface area (Å²) < 4.78 is 6.28. The van der Waals surface area contributed by atoms with Crippen molar-refractivity contribution in [3.63, 3.8) is 0 Å². The van der Waals surface area contributed by atoms with Gasteiger partial charge in [0.15, 0.2) is 0 Å². The van der Waals surface area contributed by atoms with Gasteiger partial charge in [-0.3, -0.25) is 0 Å². The molecule has 0 aliphatic carbocycles. The minimum Gasteiger partial charge on any atom is -0.457 e. The van der Waals surface area contributed by atoms with Crippen molar-refractivity contribution < 1.29 is 9.53 Å². The van der Waals surface area contributed by atoms with Crippen LogP contribution in [-0.4, -0.2) is 11.6 Å². The van der Waals surface area contributed by atoms with E-state index in [2.05, 4.69) is 15.9 Å². The number of carbonyl (C=O) groups excluding carboxylic acids is 1. The molecule has 0 aliphatic rings. The van der Waals surface area contributed by atoms with E-state index in [0.29, 0.717) is 0 Å². The van der Waals surface area contributed by atoms with Crippen LogP contribution in [0.5, 0.6) is 0 Å². The van der Waals surface area contributed by atoms with Crippen LogP contribution in [0.2, 0.25) is 0 Å². The van der Waals surface area contributed by atoms with Crippen molar-refractivity contribution >= 4 is 28.0 Å². The molecular weight excluding hydrogens is 292 g/mol. The Balaban J connectivity index is 2.89. The van der Waals surface area contributed by atoms with Crippen LogP contribution in [0.25, 0.3) is 6.08 Å². The topological polar surface area (TPSA) is 26.3 Å². The first-order valence-corrected chi connectivity index (χ1v) is 6.66. The van der Waals surface area contributed by atoms with Gasteiger partial charge in [-0.15, -0.1) is 0 Å². The third kappa shape index (κ3) is 4.65. The molecule has 0 aliphatic heterocycles. The lowest BCUT2D eigenvalue weighted by Gasteiger charge is -2.18. The summed E-state index contributed by atoms with van der Waals surface area (Å²) in [7, 11) is 0. The van der Waals surface area contributed by atoms with E-state index in [0.717, 1.165) is 21.2 Å². The molecule has 0 atom stereocenters. The normalized spacial score (nSPS) is 11.9. The highest BCUT2D eigenvalue weighted by Crippen LogP contribution is 2.21. The monoisotopic (exact) mass is 310 g/mol. The Morgan fingerprint density at radius 1 is 1.22 bits per heavy atom. The van der Waals surface area contributed by atoms with Gasteiger partial charge in [0.05, 0.1) is 0 Å². The van der Waals surface area contributed by atoms with E-state index in [1.54, 1.807) is 0 Å². The Morgan fingerprint density at radius 2 is 1.72 bits per heavy atom. The molecule has 98 valence electrons. The van der Waals surface area contributed by atoms with Crippen molar-refractivity contribution in [3.8, 4) is 0 Å². The van der Waals surface area contributed by atoms with Crippen LogP contribution in [0.4, 0.5) is 0 Å². The number of hydrogen-bond acceptors (Lipinski definition) is 2. The molecule has 1 aromatic rings. The summed E-state index contributed by atoms with van der Waals surface area (Å²) in [4.78, 5) is 11.6. The van der Waals surface area contributed by atoms with Crippen molar-refractivity contribution in [2.45, 2.75) is 40.2 Å². The predicted molar refractivity (Wildman–Crippen MR) is 78.5 cm³/mol. The molecule has 1 rings (SSSR count). The fraction of sp³-hybridized carbons (Fsp3) is 0.400. The molecule has 0 fully saturated rings. The molecule has 0 bridgehead atoms. The van der Waals surface area contributed by atoms with Gasteiger partial charge in [-0.2, -0.15) is 0 Å². The molecule has 0 saturated heterocycles. The van der Waals surface area contributed by atoms with Gasteiger partial charge in [0, 0.05) is 10.5 Å². The van der Waals surface area contributed by atoms with Crippen LogP contribution >= 0.6 is 15.9 Å². The Hall–Kier alpha value is -1.09. The van der Waals surface area contributed by atoms with Gasteiger partial charge in [0.25, 0.3) is 0 Å². The molecular formula is C15H19BrO2. The Morgan fingerprint density at radius 3 is 2.17 bits per heavy atom. The minimum atomic E-state index is -0.453. The summed E-state index contributed by atoms with van der Waals surface area (Å²) in [5.41, 5.74) is 2.86. The first-order valence-electron chi connectivity index (χ1n) is 5.87. The highest BCUT2D eigenvalue weighted by atomic mass is 79.9. The molecule has 0 unspecified atom stereocenters. The highest BCUT2D eigenvalue weighted by Gasteiger charge is 2.14. The molecule has 0 amide bonds. The number of ether oxygens (including phenoxy) is 1. The van der Waals surface area contributed by atoms with E-state index in [4.69, 9.17) is 4.74 Å². The molecule has 3 heteroatoms. The average molecular weight is 311 g/mol. The van der Waals surface area contributed by atoms with Gasteiger partial charge in [0.2, 0.25) is 0 Å². The Kier molecular flexibility index (Phi) is 4.74. The molecule has 0 saturated carbocycles. The second-order valence-electron chi connectivity index (χ2n) is 5.32. The Bertz CT molecular complexity index is 459. The van der Waals surface area contributed by atoms with Gasteiger partial charge in [-0.1, -0.05) is 15.9 Å². The largest absolute Gasteiger partial charge is 0.457 e. The van der Waals surface area contributed by atoms with Crippen molar-refractivity contribution in [3.05, 3.63) is 39.4 Å².